The number of carbonyl (C=O) groups is 1. The van der Waals surface area contributed by atoms with E-state index in [9.17, 15) is 4.79 Å². The second-order valence-electron chi connectivity index (χ2n) is 4.93. The van der Waals surface area contributed by atoms with Gasteiger partial charge in [0.05, 0.1) is 5.56 Å². The third-order valence-electron chi connectivity index (χ3n) is 3.43. The maximum atomic E-state index is 12.2. The molecule has 1 amide bonds. The van der Waals surface area contributed by atoms with Gasteiger partial charge in [-0.15, -0.1) is 0 Å². The number of hydrogen-bond donors (Lipinski definition) is 2. The molecule has 2 N–H and O–H groups in total. The molecule has 18 heavy (non-hydrogen) atoms. The van der Waals surface area contributed by atoms with Gasteiger partial charge in [-0.25, -0.2) is 0 Å². The number of amides is 1. The SMILES string of the molecule is CCCNc1ccccc1C(=O)NC1CCCC1. The number of anilines is 1. The molecule has 1 aliphatic carbocycles. The Bertz CT molecular complexity index is 397. The molecule has 0 bridgehead atoms. The van der Waals surface area contributed by atoms with E-state index in [0.29, 0.717) is 6.04 Å². The molecule has 3 nitrogen and oxygen atoms in total. The number of nitrogens with one attached hydrogen (secondary N) is 2. The maximum absolute atomic E-state index is 12.2. The molecule has 1 saturated carbocycles. The summed E-state index contributed by atoms with van der Waals surface area (Å²) in [5.74, 6) is 0.0566. The summed E-state index contributed by atoms with van der Waals surface area (Å²) in [4.78, 5) is 12.2. The number of benzene rings is 1. The lowest BCUT2D eigenvalue weighted by atomic mass is 10.1. The van der Waals surface area contributed by atoms with E-state index >= 15 is 0 Å². The number of hydrogen-bond acceptors (Lipinski definition) is 2. The molecule has 0 aliphatic heterocycles. The summed E-state index contributed by atoms with van der Waals surface area (Å²) in [6.07, 6.45) is 5.77. The standard InChI is InChI=1S/C15H22N2O/c1-2-11-16-14-10-6-5-9-13(14)15(18)17-12-7-3-4-8-12/h5-6,9-10,12,16H,2-4,7-8,11H2,1H3,(H,17,18). The smallest absolute Gasteiger partial charge is 0.253 e. The van der Waals surface area contributed by atoms with Gasteiger partial charge in [-0.3, -0.25) is 4.79 Å². The van der Waals surface area contributed by atoms with Crippen LogP contribution in [0.3, 0.4) is 0 Å². The van der Waals surface area contributed by atoms with Crippen LogP contribution in [0.4, 0.5) is 5.69 Å². The fourth-order valence-electron chi connectivity index (χ4n) is 2.43. The summed E-state index contributed by atoms with van der Waals surface area (Å²) >= 11 is 0. The summed E-state index contributed by atoms with van der Waals surface area (Å²) in [6.45, 7) is 3.02. The first kappa shape index (κ1) is 12.9. The molecule has 1 aliphatic rings. The van der Waals surface area contributed by atoms with E-state index < -0.39 is 0 Å². The molecule has 0 spiro atoms. The normalized spacial score (nSPS) is 15.6. The van der Waals surface area contributed by atoms with Crippen molar-refractivity contribution in [3.63, 3.8) is 0 Å². The summed E-state index contributed by atoms with van der Waals surface area (Å²) in [5.41, 5.74) is 1.70. The molecule has 0 aromatic heterocycles. The Kier molecular flexibility index (Phi) is 4.62. The van der Waals surface area contributed by atoms with Gasteiger partial charge in [-0.1, -0.05) is 31.9 Å². The fraction of sp³-hybridized carbons (Fsp3) is 0.533. The minimum absolute atomic E-state index is 0.0566. The lowest BCUT2D eigenvalue weighted by Gasteiger charge is -2.15. The van der Waals surface area contributed by atoms with Crippen molar-refractivity contribution in [1.29, 1.82) is 0 Å². The van der Waals surface area contributed by atoms with Crippen molar-refractivity contribution in [2.24, 2.45) is 0 Å². The van der Waals surface area contributed by atoms with Crippen LogP contribution in [0.1, 0.15) is 49.4 Å². The van der Waals surface area contributed by atoms with E-state index in [1.165, 1.54) is 12.8 Å². The molecule has 98 valence electrons. The highest BCUT2D eigenvalue weighted by atomic mass is 16.1. The number of para-hydroxylation sites is 1. The highest BCUT2D eigenvalue weighted by Gasteiger charge is 2.19. The molecule has 1 aromatic carbocycles. The first-order valence-corrected chi connectivity index (χ1v) is 6.95. The molecule has 3 heteroatoms. The third kappa shape index (κ3) is 3.25. The minimum Gasteiger partial charge on any atom is -0.384 e. The molecule has 0 radical (unpaired) electrons. The maximum Gasteiger partial charge on any atom is 0.253 e. The average molecular weight is 246 g/mol. The topological polar surface area (TPSA) is 41.1 Å². The van der Waals surface area contributed by atoms with E-state index in [-0.39, 0.29) is 5.91 Å². The average Bonchev–Trinajstić information content (AvgIpc) is 2.89. The molecule has 2 rings (SSSR count). The van der Waals surface area contributed by atoms with Gasteiger partial charge in [-0.2, -0.15) is 0 Å². The van der Waals surface area contributed by atoms with E-state index in [1.807, 2.05) is 24.3 Å². The van der Waals surface area contributed by atoms with Gasteiger partial charge in [0.15, 0.2) is 0 Å². The first-order chi connectivity index (χ1) is 8.81. The summed E-state index contributed by atoms with van der Waals surface area (Å²) in [7, 11) is 0. The van der Waals surface area contributed by atoms with Crippen molar-refractivity contribution >= 4 is 11.6 Å². The summed E-state index contributed by atoms with van der Waals surface area (Å²) < 4.78 is 0. The van der Waals surface area contributed by atoms with E-state index in [1.54, 1.807) is 0 Å². The Labute approximate surface area is 109 Å². The first-order valence-electron chi connectivity index (χ1n) is 6.95. The van der Waals surface area contributed by atoms with Gasteiger partial charge in [-0.05, 0) is 31.4 Å². The second-order valence-corrected chi connectivity index (χ2v) is 4.93. The second kappa shape index (κ2) is 6.43. The zero-order valence-corrected chi connectivity index (χ0v) is 11.0. The Hall–Kier alpha value is -1.51. The molecular weight excluding hydrogens is 224 g/mol. The monoisotopic (exact) mass is 246 g/mol. The van der Waals surface area contributed by atoms with E-state index in [0.717, 1.165) is 37.1 Å². The fourth-order valence-corrected chi connectivity index (χ4v) is 2.43. The number of carbonyl (C=O) groups excluding carboxylic acids is 1. The van der Waals surface area contributed by atoms with Gasteiger partial charge >= 0.3 is 0 Å². The van der Waals surface area contributed by atoms with Crippen molar-refractivity contribution in [2.75, 3.05) is 11.9 Å². The van der Waals surface area contributed by atoms with Crippen molar-refractivity contribution in [2.45, 2.75) is 45.1 Å². The van der Waals surface area contributed by atoms with Crippen molar-refractivity contribution < 1.29 is 4.79 Å². The van der Waals surface area contributed by atoms with Crippen LogP contribution in [0, 0.1) is 0 Å². The predicted octanol–water partition coefficient (Wildman–Crippen LogP) is 3.18. The van der Waals surface area contributed by atoms with Crippen LogP contribution in [0.25, 0.3) is 0 Å². The van der Waals surface area contributed by atoms with E-state index in [2.05, 4.69) is 17.6 Å². The van der Waals surface area contributed by atoms with Gasteiger partial charge < -0.3 is 10.6 Å². The molecule has 0 heterocycles. The van der Waals surface area contributed by atoms with Gasteiger partial charge in [0.2, 0.25) is 0 Å². The van der Waals surface area contributed by atoms with Gasteiger partial charge in [0, 0.05) is 18.3 Å². The Morgan fingerprint density at radius 1 is 1.28 bits per heavy atom. The van der Waals surface area contributed by atoms with Crippen LogP contribution >= 0.6 is 0 Å². The predicted molar refractivity (Wildman–Crippen MR) is 74.9 cm³/mol. The van der Waals surface area contributed by atoms with Crippen LogP contribution in [0.15, 0.2) is 24.3 Å². The lowest BCUT2D eigenvalue weighted by Crippen LogP contribution is -2.33. The van der Waals surface area contributed by atoms with Crippen LogP contribution in [-0.2, 0) is 0 Å². The van der Waals surface area contributed by atoms with Crippen LogP contribution in [-0.4, -0.2) is 18.5 Å². The molecular formula is C15H22N2O. The van der Waals surface area contributed by atoms with Crippen LogP contribution in [0.5, 0.6) is 0 Å². The lowest BCUT2D eigenvalue weighted by molar-refractivity contribution is 0.0938. The Balaban J connectivity index is 2.03. The van der Waals surface area contributed by atoms with Crippen LogP contribution < -0.4 is 10.6 Å². The molecule has 1 fully saturated rings. The highest BCUT2D eigenvalue weighted by Crippen LogP contribution is 2.20. The minimum atomic E-state index is 0.0566. The largest absolute Gasteiger partial charge is 0.384 e. The Morgan fingerprint density at radius 2 is 2.00 bits per heavy atom. The highest BCUT2D eigenvalue weighted by molar-refractivity contribution is 5.99. The Morgan fingerprint density at radius 3 is 2.72 bits per heavy atom. The zero-order chi connectivity index (χ0) is 12.8. The molecule has 0 atom stereocenters. The zero-order valence-electron chi connectivity index (χ0n) is 11.0. The van der Waals surface area contributed by atoms with E-state index in [4.69, 9.17) is 0 Å². The van der Waals surface area contributed by atoms with Crippen molar-refractivity contribution in [1.82, 2.24) is 5.32 Å². The van der Waals surface area contributed by atoms with Crippen molar-refractivity contribution in [3.05, 3.63) is 29.8 Å². The molecule has 0 saturated heterocycles. The molecule has 1 aromatic rings. The molecule has 0 unspecified atom stereocenters. The van der Waals surface area contributed by atoms with Crippen LogP contribution in [0.2, 0.25) is 0 Å². The summed E-state index contributed by atoms with van der Waals surface area (Å²) in [5, 5.41) is 6.44. The quantitative estimate of drug-likeness (QED) is 0.837. The van der Waals surface area contributed by atoms with Gasteiger partial charge in [0.25, 0.3) is 5.91 Å². The number of rotatable bonds is 5. The summed E-state index contributed by atoms with van der Waals surface area (Å²) in [6, 6.07) is 8.11. The van der Waals surface area contributed by atoms with Gasteiger partial charge in [0.1, 0.15) is 0 Å². The van der Waals surface area contributed by atoms with Crippen molar-refractivity contribution in [3.8, 4) is 0 Å². The third-order valence-corrected chi connectivity index (χ3v) is 3.43.